The lowest BCUT2D eigenvalue weighted by atomic mass is 10.1. The quantitative estimate of drug-likeness (QED) is 0.524. The number of rotatable bonds is 9. The van der Waals surface area contributed by atoms with E-state index in [4.69, 9.17) is 4.74 Å². The summed E-state index contributed by atoms with van der Waals surface area (Å²) in [5.41, 5.74) is 2.09. The maximum absolute atomic E-state index is 12.3. The Morgan fingerprint density at radius 3 is 2.28 bits per heavy atom. The molecule has 29 heavy (non-hydrogen) atoms. The molecule has 0 aromatic heterocycles. The predicted molar refractivity (Wildman–Crippen MR) is 104 cm³/mol. The Morgan fingerprint density at radius 1 is 0.897 bits per heavy atom. The van der Waals surface area contributed by atoms with Crippen molar-refractivity contribution in [3.63, 3.8) is 0 Å². The molecule has 0 heterocycles. The smallest absolute Gasteiger partial charge is 0.387 e. The van der Waals surface area contributed by atoms with E-state index < -0.39 is 18.7 Å². The lowest BCUT2D eigenvalue weighted by Crippen LogP contribution is -2.18. The van der Waals surface area contributed by atoms with E-state index in [-0.39, 0.29) is 5.75 Å². The van der Waals surface area contributed by atoms with E-state index in [9.17, 15) is 18.7 Å². The second-order valence-corrected chi connectivity index (χ2v) is 6.15. The number of halogens is 2. The number of carboxylic acid groups (broad SMARTS) is 1. The van der Waals surface area contributed by atoms with Crippen molar-refractivity contribution in [2.24, 2.45) is 0 Å². The zero-order valence-electron chi connectivity index (χ0n) is 15.3. The third-order valence-electron chi connectivity index (χ3n) is 4.06. The number of hydrogen-bond donors (Lipinski definition) is 2. The zero-order chi connectivity index (χ0) is 20.6. The van der Waals surface area contributed by atoms with Gasteiger partial charge in [-0.05, 0) is 42.0 Å². The molecule has 1 unspecified atom stereocenters. The molecular formula is C22H19F2NO4. The van der Waals surface area contributed by atoms with E-state index in [1.165, 1.54) is 12.1 Å². The number of nitrogens with one attached hydrogen (secondary N) is 1. The molecule has 3 rings (SSSR count). The normalized spacial score (nSPS) is 11.7. The van der Waals surface area contributed by atoms with Gasteiger partial charge >= 0.3 is 12.6 Å². The van der Waals surface area contributed by atoms with Crippen LogP contribution in [0, 0.1) is 0 Å². The molecule has 0 fully saturated rings. The standard InChI is InChI=1S/C22H19F2NO4/c23-22(24)29-19-8-4-5-15(13-19)14-25-17-9-11-18(12-10-17)28-20(21(26)27)16-6-2-1-3-7-16/h1-13,20,22,25H,14H2,(H,26,27). The van der Waals surface area contributed by atoms with E-state index in [0.29, 0.717) is 17.9 Å². The monoisotopic (exact) mass is 399 g/mol. The Morgan fingerprint density at radius 2 is 1.62 bits per heavy atom. The number of ether oxygens (including phenoxy) is 2. The molecule has 0 saturated carbocycles. The lowest BCUT2D eigenvalue weighted by Gasteiger charge is -2.16. The first kappa shape index (κ1) is 20.1. The highest BCUT2D eigenvalue weighted by atomic mass is 19.3. The summed E-state index contributed by atoms with van der Waals surface area (Å²) < 4.78 is 34.6. The predicted octanol–water partition coefficient (Wildman–Crippen LogP) is 5.10. The van der Waals surface area contributed by atoms with Gasteiger partial charge in [-0.1, -0.05) is 42.5 Å². The second kappa shape index (κ2) is 9.54. The third-order valence-corrected chi connectivity index (χ3v) is 4.06. The number of alkyl halides is 2. The summed E-state index contributed by atoms with van der Waals surface area (Å²) in [7, 11) is 0. The van der Waals surface area contributed by atoms with Crippen LogP contribution in [0.4, 0.5) is 14.5 Å². The van der Waals surface area contributed by atoms with Gasteiger partial charge in [0.2, 0.25) is 6.10 Å². The lowest BCUT2D eigenvalue weighted by molar-refractivity contribution is -0.145. The van der Waals surface area contributed by atoms with Crippen molar-refractivity contribution in [3.05, 3.63) is 90.0 Å². The Bertz CT molecular complexity index is 933. The first-order valence-electron chi connectivity index (χ1n) is 8.83. The van der Waals surface area contributed by atoms with Gasteiger partial charge < -0.3 is 19.9 Å². The fraction of sp³-hybridized carbons (Fsp3) is 0.136. The first-order valence-corrected chi connectivity index (χ1v) is 8.83. The highest BCUT2D eigenvalue weighted by Gasteiger charge is 2.21. The third kappa shape index (κ3) is 5.93. The molecule has 0 bridgehead atoms. The molecule has 150 valence electrons. The molecule has 0 spiro atoms. The van der Waals surface area contributed by atoms with Crippen LogP contribution >= 0.6 is 0 Å². The molecule has 0 aliphatic heterocycles. The van der Waals surface area contributed by atoms with Gasteiger partial charge in [0.25, 0.3) is 0 Å². The first-order chi connectivity index (χ1) is 14.0. The molecule has 0 aliphatic rings. The topological polar surface area (TPSA) is 67.8 Å². The summed E-state index contributed by atoms with van der Waals surface area (Å²) in [6.07, 6.45) is -1.10. The van der Waals surface area contributed by atoms with Crippen molar-refractivity contribution in [3.8, 4) is 11.5 Å². The Balaban J connectivity index is 1.61. The highest BCUT2D eigenvalue weighted by molar-refractivity contribution is 5.74. The Labute approximate surface area is 166 Å². The van der Waals surface area contributed by atoms with Gasteiger partial charge in [-0.15, -0.1) is 0 Å². The van der Waals surface area contributed by atoms with Gasteiger partial charge in [0.05, 0.1) is 0 Å². The van der Waals surface area contributed by atoms with E-state index in [0.717, 1.165) is 11.3 Å². The van der Waals surface area contributed by atoms with Crippen LogP contribution in [0.2, 0.25) is 0 Å². The number of anilines is 1. The van der Waals surface area contributed by atoms with Crippen LogP contribution in [0.3, 0.4) is 0 Å². The Hall–Kier alpha value is -3.61. The number of carbonyl (C=O) groups is 1. The van der Waals surface area contributed by atoms with Gasteiger partial charge in [0.15, 0.2) is 0 Å². The minimum atomic E-state index is -2.86. The van der Waals surface area contributed by atoms with Crippen LogP contribution in [0.25, 0.3) is 0 Å². The summed E-state index contributed by atoms with van der Waals surface area (Å²) in [5, 5.41) is 12.6. The number of carboxylic acids is 1. The van der Waals surface area contributed by atoms with Crippen molar-refractivity contribution >= 4 is 11.7 Å². The second-order valence-electron chi connectivity index (χ2n) is 6.15. The van der Waals surface area contributed by atoms with Crippen LogP contribution in [-0.4, -0.2) is 17.7 Å². The fourth-order valence-corrected chi connectivity index (χ4v) is 2.71. The highest BCUT2D eigenvalue weighted by Crippen LogP contribution is 2.24. The van der Waals surface area contributed by atoms with Crippen LogP contribution in [-0.2, 0) is 11.3 Å². The molecule has 2 N–H and O–H groups in total. The number of hydrogen-bond acceptors (Lipinski definition) is 4. The molecule has 0 saturated heterocycles. The molecule has 0 aliphatic carbocycles. The maximum Gasteiger partial charge on any atom is 0.387 e. The van der Waals surface area contributed by atoms with Gasteiger partial charge in [-0.3, -0.25) is 0 Å². The van der Waals surface area contributed by atoms with Crippen molar-refractivity contribution < 1.29 is 28.2 Å². The molecule has 7 heteroatoms. The number of aliphatic carboxylic acids is 1. The summed E-state index contributed by atoms with van der Waals surface area (Å²) >= 11 is 0. The fourth-order valence-electron chi connectivity index (χ4n) is 2.71. The van der Waals surface area contributed by atoms with E-state index >= 15 is 0 Å². The number of benzene rings is 3. The molecule has 0 amide bonds. The summed E-state index contributed by atoms with van der Waals surface area (Å²) in [6, 6.07) is 22.0. The van der Waals surface area contributed by atoms with Gasteiger partial charge in [-0.2, -0.15) is 8.78 Å². The van der Waals surface area contributed by atoms with E-state index in [1.807, 2.05) is 0 Å². The van der Waals surface area contributed by atoms with Gasteiger partial charge in [0.1, 0.15) is 11.5 Å². The van der Waals surface area contributed by atoms with Crippen molar-refractivity contribution in [2.75, 3.05) is 5.32 Å². The largest absolute Gasteiger partial charge is 0.478 e. The van der Waals surface area contributed by atoms with Gasteiger partial charge in [-0.25, -0.2) is 4.79 Å². The molecule has 1 atom stereocenters. The summed E-state index contributed by atoms with van der Waals surface area (Å²) in [6.45, 7) is -2.46. The van der Waals surface area contributed by atoms with Crippen molar-refractivity contribution in [2.45, 2.75) is 19.3 Å². The summed E-state index contributed by atoms with van der Waals surface area (Å²) in [5.74, 6) is -0.563. The average Bonchev–Trinajstić information content (AvgIpc) is 2.71. The molecule has 0 radical (unpaired) electrons. The van der Waals surface area contributed by atoms with Crippen molar-refractivity contribution in [1.82, 2.24) is 0 Å². The average molecular weight is 399 g/mol. The van der Waals surface area contributed by atoms with Gasteiger partial charge in [0, 0.05) is 17.8 Å². The SMILES string of the molecule is O=C(O)C(Oc1ccc(NCc2cccc(OC(F)F)c2)cc1)c1ccccc1. The zero-order valence-corrected chi connectivity index (χ0v) is 15.3. The van der Waals surface area contributed by atoms with Crippen LogP contribution in [0.15, 0.2) is 78.9 Å². The minimum absolute atomic E-state index is 0.101. The molecule has 3 aromatic rings. The van der Waals surface area contributed by atoms with Crippen LogP contribution in [0.5, 0.6) is 11.5 Å². The molecular weight excluding hydrogens is 380 g/mol. The molecule has 5 nitrogen and oxygen atoms in total. The van der Waals surface area contributed by atoms with E-state index in [2.05, 4.69) is 10.1 Å². The molecule has 3 aromatic carbocycles. The summed E-state index contributed by atoms with van der Waals surface area (Å²) in [4.78, 5) is 11.5. The Kier molecular flexibility index (Phi) is 6.63. The van der Waals surface area contributed by atoms with Crippen molar-refractivity contribution in [1.29, 1.82) is 0 Å². The maximum atomic E-state index is 12.3. The van der Waals surface area contributed by atoms with E-state index in [1.54, 1.807) is 66.7 Å². The minimum Gasteiger partial charge on any atom is -0.478 e. The van der Waals surface area contributed by atoms with Crippen LogP contribution < -0.4 is 14.8 Å². The van der Waals surface area contributed by atoms with Crippen LogP contribution in [0.1, 0.15) is 17.2 Å².